The van der Waals surface area contributed by atoms with Crippen molar-refractivity contribution in [3.63, 3.8) is 0 Å². The second kappa shape index (κ2) is 7.06. The molecule has 1 aliphatic rings. The molecule has 1 atom stereocenters. The fraction of sp³-hybridized carbons (Fsp3) is 0.111. The van der Waals surface area contributed by atoms with Gasteiger partial charge in [-0.2, -0.15) is 0 Å². The van der Waals surface area contributed by atoms with Crippen molar-refractivity contribution in [3.05, 3.63) is 54.6 Å². The number of para-hydroxylation sites is 1. The number of barbiturate groups is 1. The largest absolute Gasteiger partial charge is 0.497 e. The molecule has 8 heteroatoms. The number of imide groups is 2. The second-order valence-electron chi connectivity index (χ2n) is 5.45. The van der Waals surface area contributed by atoms with Gasteiger partial charge in [0.25, 0.3) is 5.91 Å². The molecular formula is C18H15N3O5. The Bertz CT molecular complexity index is 864. The molecule has 5 amide bonds. The van der Waals surface area contributed by atoms with Crippen molar-refractivity contribution >= 4 is 35.1 Å². The number of nitrogens with zero attached hydrogens (tertiary/aromatic N) is 1. The number of nitrogens with one attached hydrogen (secondary N) is 2. The third-order valence-electron chi connectivity index (χ3n) is 3.80. The molecular weight excluding hydrogens is 338 g/mol. The topological polar surface area (TPSA) is 105 Å². The van der Waals surface area contributed by atoms with E-state index in [4.69, 9.17) is 4.74 Å². The highest BCUT2D eigenvalue weighted by Gasteiger charge is 2.45. The fourth-order valence-electron chi connectivity index (χ4n) is 2.52. The van der Waals surface area contributed by atoms with Crippen molar-refractivity contribution in [1.29, 1.82) is 0 Å². The minimum atomic E-state index is -1.67. The predicted octanol–water partition coefficient (Wildman–Crippen LogP) is 1.53. The Morgan fingerprint density at radius 1 is 1.04 bits per heavy atom. The molecule has 0 aliphatic carbocycles. The summed E-state index contributed by atoms with van der Waals surface area (Å²) < 4.78 is 5.02. The van der Waals surface area contributed by atoms with Crippen LogP contribution in [0.25, 0.3) is 0 Å². The Labute approximate surface area is 148 Å². The van der Waals surface area contributed by atoms with E-state index in [0.717, 1.165) is 4.90 Å². The molecule has 8 nitrogen and oxygen atoms in total. The number of hydrogen-bond acceptors (Lipinski definition) is 5. The number of hydrogen-bond donors (Lipinski definition) is 2. The van der Waals surface area contributed by atoms with E-state index in [-0.39, 0.29) is 5.69 Å². The van der Waals surface area contributed by atoms with Crippen LogP contribution >= 0.6 is 0 Å². The summed E-state index contributed by atoms with van der Waals surface area (Å²) in [7, 11) is 1.51. The zero-order valence-corrected chi connectivity index (χ0v) is 13.8. The predicted molar refractivity (Wildman–Crippen MR) is 92.6 cm³/mol. The molecule has 0 radical (unpaired) electrons. The number of urea groups is 1. The van der Waals surface area contributed by atoms with E-state index in [1.165, 1.54) is 19.2 Å². The highest BCUT2D eigenvalue weighted by molar-refractivity contribution is 6.35. The number of carbonyl (C=O) groups is 4. The number of methoxy groups -OCH3 is 1. The van der Waals surface area contributed by atoms with Crippen LogP contribution in [-0.2, 0) is 14.4 Å². The van der Waals surface area contributed by atoms with E-state index in [9.17, 15) is 19.2 Å². The first kappa shape index (κ1) is 17.2. The maximum absolute atomic E-state index is 12.6. The Balaban J connectivity index is 1.82. The van der Waals surface area contributed by atoms with Gasteiger partial charge in [0.15, 0.2) is 5.92 Å². The highest BCUT2D eigenvalue weighted by Crippen LogP contribution is 2.22. The molecule has 0 aromatic heterocycles. The minimum Gasteiger partial charge on any atom is -0.497 e. The van der Waals surface area contributed by atoms with Crippen LogP contribution in [0.2, 0.25) is 0 Å². The molecule has 1 aliphatic heterocycles. The summed E-state index contributed by atoms with van der Waals surface area (Å²) in [6.07, 6.45) is 0. The number of rotatable bonds is 4. The summed E-state index contributed by atoms with van der Waals surface area (Å²) >= 11 is 0. The normalized spacial score (nSPS) is 16.9. The van der Waals surface area contributed by atoms with E-state index in [1.807, 2.05) is 5.32 Å². The van der Waals surface area contributed by atoms with Crippen LogP contribution in [0, 0.1) is 5.92 Å². The van der Waals surface area contributed by atoms with E-state index < -0.39 is 29.7 Å². The fourth-order valence-corrected chi connectivity index (χ4v) is 2.52. The Morgan fingerprint density at radius 3 is 2.31 bits per heavy atom. The number of benzene rings is 2. The molecule has 1 fully saturated rings. The van der Waals surface area contributed by atoms with Crippen LogP contribution in [-0.4, -0.2) is 30.9 Å². The van der Waals surface area contributed by atoms with Gasteiger partial charge in [-0.1, -0.05) is 18.2 Å². The average molecular weight is 353 g/mol. The third-order valence-corrected chi connectivity index (χ3v) is 3.80. The van der Waals surface area contributed by atoms with Gasteiger partial charge in [0, 0.05) is 5.69 Å². The van der Waals surface area contributed by atoms with Gasteiger partial charge in [-0.3, -0.25) is 19.7 Å². The van der Waals surface area contributed by atoms with Crippen molar-refractivity contribution in [2.24, 2.45) is 5.92 Å². The maximum Gasteiger partial charge on any atom is 0.335 e. The van der Waals surface area contributed by atoms with Gasteiger partial charge in [-0.15, -0.1) is 0 Å². The van der Waals surface area contributed by atoms with Crippen molar-refractivity contribution in [3.8, 4) is 5.75 Å². The molecule has 0 spiro atoms. The molecule has 1 heterocycles. The number of amides is 5. The third kappa shape index (κ3) is 3.25. The van der Waals surface area contributed by atoms with Crippen LogP contribution in [0.3, 0.4) is 0 Å². The highest BCUT2D eigenvalue weighted by atomic mass is 16.5. The van der Waals surface area contributed by atoms with Crippen LogP contribution in [0.1, 0.15) is 0 Å². The summed E-state index contributed by atoms with van der Waals surface area (Å²) in [5.41, 5.74) is 0.657. The van der Waals surface area contributed by atoms with Crippen molar-refractivity contribution in [2.75, 3.05) is 17.3 Å². The lowest BCUT2D eigenvalue weighted by Gasteiger charge is -2.29. The quantitative estimate of drug-likeness (QED) is 0.811. The lowest BCUT2D eigenvalue weighted by molar-refractivity contribution is -0.139. The molecule has 0 bridgehead atoms. The molecule has 1 saturated heterocycles. The second-order valence-corrected chi connectivity index (χ2v) is 5.45. The number of carbonyl (C=O) groups excluding carboxylic acids is 4. The van der Waals surface area contributed by atoms with Crippen molar-refractivity contribution in [1.82, 2.24) is 5.32 Å². The standard InChI is InChI=1S/C18H15N3O5/c1-26-13-9-7-11(8-10-13)19-15(22)14-16(23)20-18(25)21(17(14)24)12-5-3-2-4-6-12/h2-10,14H,1H3,(H,19,22)(H,20,23,25). The molecule has 132 valence electrons. The van der Waals surface area contributed by atoms with Crippen LogP contribution in [0.5, 0.6) is 5.75 Å². The summed E-state index contributed by atoms with van der Waals surface area (Å²) in [6.45, 7) is 0. The summed E-state index contributed by atoms with van der Waals surface area (Å²) in [6, 6.07) is 13.6. The van der Waals surface area contributed by atoms with Gasteiger partial charge in [-0.25, -0.2) is 9.69 Å². The monoisotopic (exact) mass is 353 g/mol. The van der Waals surface area contributed by atoms with E-state index in [2.05, 4.69) is 5.32 Å². The van der Waals surface area contributed by atoms with Gasteiger partial charge in [-0.05, 0) is 36.4 Å². The van der Waals surface area contributed by atoms with Crippen LogP contribution in [0.4, 0.5) is 16.2 Å². The van der Waals surface area contributed by atoms with E-state index >= 15 is 0 Å². The SMILES string of the molecule is COc1ccc(NC(=O)C2C(=O)NC(=O)N(c3ccccc3)C2=O)cc1. The first-order valence-electron chi connectivity index (χ1n) is 7.70. The zero-order valence-electron chi connectivity index (χ0n) is 13.8. The number of ether oxygens (including phenoxy) is 1. The average Bonchev–Trinajstić information content (AvgIpc) is 2.63. The lowest BCUT2D eigenvalue weighted by atomic mass is 10.0. The van der Waals surface area contributed by atoms with Crippen LogP contribution in [0.15, 0.2) is 54.6 Å². The van der Waals surface area contributed by atoms with Crippen molar-refractivity contribution in [2.45, 2.75) is 0 Å². The lowest BCUT2D eigenvalue weighted by Crippen LogP contribution is -2.61. The molecule has 3 rings (SSSR count). The summed E-state index contributed by atoms with van der Waals surface area (Å²) in [4.78, 5) is 50.0. The molecule has 1 unspecified atom stereocenters. The molecule has 2 aromatic rings. The molecule has 2 aromatic carbocycles. The first-order valence-corrected chi connectivity index (χ1v) is 7.70. The van der Waals surface area contributed by atoms with Gasteiger partial charge in [0.05, 0.1) is 12.8 Å². The smallest absolute Gasteiger partial charge is 0.335 e. The zero-order chi connectivity index (χ0) is 18.7. The Kier molecular flexibility index (Phi) is 4.66. The number of anilines is 2. The molecule has 2 N–H and O–H groups in total. The molecule has 26 heavy (non-hydrogen) atoms. The van der Waals surface area contributed by atoms with Gasteiger partial charge in [0.1, 0.15) is 5.75 Å². The van der Waals surface area contributed by atoms with Crippen molar-refractivity contribution < 1.29 is 23.9 Å². The van der Waals surface area contributed by atoms with Gasteiger partial charge in [0.2, 0.25) is 11.8 Å². The van der Waals surface area contributed by atoms with Gasteiger partial charge >= 0.3 is 6.03 Å². The van der Waals surface area contributed by atoms with E-state index in [0.29, 0.717) is 11.4 Å². The minimum absolute atomic E-state index is 0.268. The Hall–Kier alpha value is -3.68. The summed E-state index contributed by atoms with van der Waals surface area (Å²) in [5, 5.41) is 4.54. The molecule has 0 saturated carbocycles. The maximum atomic E-state index is 12.6. The van der Waals surface area contributed by atoms with Gasteiger partial charge < -0.3 is 10.1 Å². The first-order chi connectivity index (χ1) is 12.5. The van der Waals surface area contributed by atoms with E-state index in [1.54, 1.807) is 42.5 Å². The Morgan fingerprint density at radius 2 is 1.69 bits per heavy atom. The van der Waals surface area contributed by atoms with Crippen LogP contribution < -0.4 is 20.3 Å². The summed E-state index contributed by atoms with van der Waals surface area (Å²) in [5.74, 6) is -3.77.